The number of nitrogens with zero attached hydrogens (tertiary/aromatic N) is 2. The molecular formula is C21H16N2O3S. The number of aromatic nitrogens is 1. The molecule has 5 nitrogen and oxygen atoms in total. The summed E-state index contributed by atoms with van der Waals surface area (Å²) in [6.07, 6.45) is 4.84. The van der Waals surface area contributed by atoms with E-state index in [-0.39, 0.29) is 28.5 Å². The van der Waals surface area contributed by atoms with Gasteiger partial charge in [0.15, 0.2) is 0 Å². The van der Waals surface area contributed by atoms with Crippen LogP contribution in [-0.4, -0.2) is 23.5 Å². The summed E-state index contributed by atoms with van der Waals surface area (Å²) >= 11 is 0. The highest BCUT2D eigenvalue weighted by Crippen LogP contribution is 2.34. The molecule has 2 aromatic carbocycles. The van der Waals surface area contributed by atoms with E-state index in [1.165, 1.54) is 10.4 Å². The van der Waals surface area contributed by atoms with Crippen molar-refractivity contribution in [3.8, 4) is 0 Å². The summed E-state index contributed by atoms with van der Waals surface area (Å²) in [6.45, 7) is 0.0366. The molecule has 6 heteroatoms. The molecule has 0 saturated heterocycles. The van der Waals surface area contributed by atoms with Crippen molar-refractivity contribution >= 4 is 21.9 Å². The van der Waals surface area contributed by atoms with E-state index in [1.807, 2.05) is 30.3 Å². The maximum absolute atomic E-state index is 13.3. The van der Waals surface area contributed by atoms with Crippen molar-refractivity contribution in [3.63, 3.8) is 0 Å². The minimum Gasteiger partial charge on any atom is -0.287 e. The maximum atomic E-state index is 13.3. The number of benzene rings is 2. The Kier molecular flexibility index (Phi) is 4.33. The van der Waals surface area contributed by atoms with Crippen molar-refractivity contribution in [2.45, 2.75) is 11.4 Å². The lowest BCUT2D eigenvalue weighted by Gasteiger charge is -2.31. The summed E-state index contributed by atoms with van der Waals surface area (Å²) in [5.41, 5.74) is 1.78. The van der Waals surface area contributed by atoms with E-state index in [2.05, 4.69) is 4.98 Å². The summed E-state index contributed by atoms with van der Waals surface area (Å²) < 4.78 is 27.7. The molecule has 0 saturated carbocycles. The topological polar surface area (TPSA) is 67.3 Å². The van der Waals surface area contributed by atoms with Gasteiger partial charge in [-0.15, -0.1) is 0 Å². The number of carbonyl (C=O) groups is 1. The van der Waals surface area contributed by atoms with E-state index in [0.29, 0.717) is 5.56 Å². The number of carbonyl (C=O) groups excluding carboxylic acids is 1. The van der Waals surface area contributed by atoms with Crippen LogP contribution in [0.1, 0.15) is 21.5 Å². The van der Waals surface area contributed by atoms with Gasteiger partial charge in [-0.1, -0.05) is 48.5 Å². The van der Waals surface area contributed by atoms with Gasteiger partial charge in [-0.25, -0.2) is 8.42 Å². The molecule has 0 fully saturated rings. The van der Waals surface area contributed by atoms with E-state index in [1.54, 1.807) is 48.8 Å². The average molecular weight is 376 g/mol. The Morgan fingerprint density at radius 3 is 2.41 bits per heavy atom. The predicted molar refractivity (Wildman–Crippen MR) is 102 cm³/mol. The standard InChI is InChI=1S/C21H16N2O3S/c24-21-18-10-4-5-11-20(18)27(25,26)23(15-17-9-6-12-22-14-17)19(21)13-16-7-2-1-3-8-16/h1-14H,15H2/b19-13-. The molecule has 27 heavy (non-hydrogen) atoms. The van der Waals surface area contributed by atoms with Crippen LogP contribution in [-0.2, 0) is 16.6 Å². The lowest BCUT2D eigenvalue weighted by Crippen LogP contribution is -2.38. The Balaban J connectivity index is 1.91. The molecule has 0 atom stereocenters. The number of hydrogen-bond donors (Lipinski definition) is 0. The van der Waals surface area contributed by atoms with Crippen molar-refractivity contribution in [3.05, 3.63) is 102 Å². The van der Waals surface area contributed by atoms with Gasteiger partial charge in [0.05, 0.1) is 11.4 Å². The van der Waals surface area contributed by atoms with Crippen LogP contribution in [0.5, 0.6) is 0 Å². The highest BCUT2D eigenvalue weighted by atomic mass is 32.2. The van der Waals surface area contributed by atoms with Crippen LogP contribution in [0.4, 0.5) is 0 Å². The minimum absolute atomic E-state index is 0.0316. The molecule has 0 amide bonds. The van der Waals surface area contributed by atoms with E-state index in [9.17, 15) is 13.2 Å². The van der Waals surface area contributed by atoms with Gasteiger partial charge >= 0.3 is 0 Å². The zero-order valence-corrected chi connectivity index (χ0v) is 15.1. The van der Waals surface area contributed by atoms with Crippen LogP contribution >= 0.6 is 0 Å². The third-order valence-corrected chi connectivity index (χ3v) is 6.17. The van der Waals surface area contributed by atoms with Gasteiger partial charge in [-0.2, -0.15) is 0 Å². The Bertz CT molecular complexity index is 1120. The number of rotatable bonds is 3. The van der Waals surface area contributed by atoms with Gasteiger partial charge in [0.25, 0.3) is 10.0 Å². The first-order chi connectivity index (χ1) is 13.1. The number of allylic oxidation sites excluding steroid dienone is 1. The molecule has 0 bridgehead atoms. The molecule has 0 N–H and O–H groups in total. The number of Topliss-reactive ketones (excluding diaryl/α,β-unsaturated/α-hetero) is 1. The van der Waals surface area contributed by atoms with Crippen LogP contribution in [0, 0.1) is 0 Å². The predicted octanol–water partition coefficient (Wildman–Crippen LogP) is 3.51. The third kappa shape index (κ3) is 3.15. The summed E-state index contributed by atoms with van der Waals surface area (Å²) in [6, 6.07) is 19.0. The fraction of sp³-hybridized carbons (Fsp3) is 0.0476. The van der Waals surface area contributed by atoms with E-state index in [4.69, 9.17) is 0 Å². The molecule has 1 aliphatic rings. The normalized spacial score (nSPS) is 17.0. The van der Waals surface area contributed by atoms with Gasteiger partial charge in [-0.3, -0.25) is 14.1 Å². The molecule has 134 valence electrons. The lowest BCUT2D eigenvalue weighted by atomic mass is 10.0. The second-order valence-electron chi connectivity index (χ2n) is 6.14. The van der Waals surface area contributed by atoms with Crippen LogP contribution in [0.2, 0.25) is 0 Å². The van der Waals surface area contributed by atoms with Crippen LogP contribution in [0.15, 0.2) is 89.7 Å². The molecular weight excluding hydrogens is 360 g/mol. The molecule has 0 unspecified atom stereocenters. The fourth-order valence-electron chi connectivity index (χ4n) is 3.05. The van der Waals surface area contributed by atoms with Crippen LogP contribution < -0.4 is 0 Å². The zero-order valence-electron chi connectivity index (χ0n) is 14.3. The molecule has 0 aliphatic carbocycles. The average Bonchev–Trinajstić information content (AvgIpc) is 2.71. The molecule has 2 heterocycles. The number of pyridine rings is 1. The zero-order chi connectivity index (χ0) is 18.9. The Morgan fingerprint density at radius 2 is 1.67 bits per heavy atom. The van der Waals surface area contributed by atoms with Crippen molar-refractivity contribution < 1.29 is 13.2 Å². The number of fused-ring (bicyclic) bond motifs is 1. The first-order valence-electron chi connectivity index (χ1n) is 8.39. The largest absolute Gasteiger partial charge is 0.287 e. The molecule has 0 radical (unpaired) electrons. The molecule has 4 rings (SSSR count). The summed E-state index contributed by atoms with van der Waals surface area (Å²) in [5, 5.41) is 0. The molecule has 1 aliphatic heterocycles. The second-order valence-corrected chi connectivity index (χ2v) is 7.97. The smallest absolute Gasteiger partial charge is 0.265 e. The van der Waals surface area contributed by atoms with Crippen molar-refractivity contribution in [1.82, 2.24) is 9.29 Å². The number of hydrogen-bond acceptors (Lipinski definition) is 4. The van der Waals surface area contributed by atoms with Crippen molar-refractivity contribution in [2.75, 3.05) is 0 Å². The van der Waals surface area contributed by atoms with Gasteiger partial charge < -0.3 is 0 Å². The van der Waals surface area contributed by atoms with E-state index >= 15 is 0 Å². The summed E-state index contributed by atoms with van der Waals surface area (Å²) in [7, 11) is -3.87. The quantitative estimate of drug-likeness (QED) is 0.656. The third-order valence-electron chi connectivity index (χ3n) is 4.35. The van der Waals surface area contributed by atoms with E-state index < -0.39 is 10.0 Å². The first kappa shape index (κ1) is 17.2. The second kappa shape index (κ2) is 6.81. The first-order valence-corrected chi connectivity index (χ1v) is 9.83. The van der Waals surface area contributed by atoms with Crippen LogP contribution in [0.3, 0.4) is 0 Å². The monoisotopic (exact) mass is 376 g/mol. The lowest BCUT2D eigenvalue weighted by molar-refractivity contribution is 0.100. The van der Waals surface area contributed by atoms with Gasteiger partial charge in [0.1, 0.15) is 5.70 Å². The van der Waals surface area contributed by atoms with E-state index in [0.717, 1.165) is 5.56 Å². The molecule has 1 aromatic heterocycles. The van der Waals surface area contributed by atoms with Gasteiger partial charge in [-0.05, 0) is 35.4 Å². The number of sulfonamides is 1. The van der Waals surface area contributed by atoms with Crippen molar-refractivity contribution in [2.24, 2.45) is 0 Å². The summed E-state index contributed by atoms with van der Waals surface area (Å²) in [4.78, 5) is 17.2. The SMILES string of the molecule is O=C1/C(=C/c2ccccc2)N(Cc2cccnc2)S(=O)(=O)c2ccccc21. The highest BCUT2D eigenvalue weighted by molar-refractivity contribution is 7.89. The van der Waals surface area contributed by atoms with Crippen molar-refractivity contribution in [1.29, 1.82) is 0 Å². The highest BCUT2D eigenvalue weighted by Gasteiger charge is 2.39. The number of ketones is 1. The minimum atomic E-state index is -3.87. The van der Waals surface area contributed by atoms with Gasteiger partial charge in [0, 0.05) is 18.0 Å². The Hall–Kier alpha value is -3.25. The molecule has 3 aromatic rings. The Labute approximate surface area is 157 Å². The Morgan fingerprint density at radius 1 is 0.926 bits per heavy atom. The van der Waals surface area contributed by atoms with Crippen LogP contribution in [0.25, 0.3) is 6.08 Å². The fourth-order valence-corrected chi connectivity index (χ4v) is 4.69. The molecule has 0 spiro atoms. The maximum Gasteiger partial charge on any atom is 0.265 e. The summed E-state index contributed by atoms with van der Waals surface area (Å²) in [5.74, 6) is -0.312. The van der Waals surface area contributed by atoms with Gasteiger partial charge in [0.2, 0.25) is 5.78 Å².